The maximum Gasteiger partial charge on any atom is 0.209 e. The van der Waals surface area contributed by atoms with Gasteiger partial charge in [-0.25, -0.2) is 0 Å². The highest BCUT2D eigenvalue weighted by atomic mass is 35.5. The van der Waals surface area contributed by atoms with Crippen LogP contribution < -0.4 is 19.3 Å². The predicted octanol–water partition coefficient (Wildman–Crippen LogP) is 14.1. The van der Waals surface area contributed by atoms with E-state index in [0.29, 0.717) is 13.2 Å². The molecule has 0 aromatic heterocycles. The summed E-state index contributed by atoms with van der Waals surface area (Å²) in [5.41, 5.74) is 13.6. The van der Waals surface area contributed by atoms with E-state index in [1.54, 1.807) is 0 Å². The van der Waals surface area contributed by atoms with Crippen molar-refractivity contribution >= 4 is 69.5 Å². The molecule has 0 aliphatic carbocycles. The molecule has 0 fully saturated rings. The average molecular weight is 898 g/mol. The highest BCUT2D eigenvalue weighted by Crippen LogP contribution is 2.45. The first-order valence-corrected chi connectivity index (χ1v) is 23.9. The molecule has 5 aromatic carbocycles. The number of anilines is 2. The Morgan fingerprint density at radius 1 is 0.516 bits per heavy atom. The number of allylic oxidation sites excluding steroid dienone is 2. The van der Waals surface area contributed by atoms with Crippen LogP contribution >= 0.6 is 23.2 Å². The van der Waals surface area contributed by atoms with Gasteiger partial charge in [0.25, 0.3) is 0 Å². The van der Waals surface area contributed by atoms with E-state index in [0.717, 1.165) is 94.2 Å². The van der Waals surface area contributed by atoms with E-state index < -0.39 is 0 Å². The lowest BCUT2D eigenvalue weighted by molar-refractivity contribution is -0.401. The lowest BCUT2D eigenvalue weighted by atomic mass is 9.77. The maximum absolute atomic E-state index is 6.76. The Kier molecular flexibility index (Phi) is 14.5. The van der Waals surface area contributed by atoms with Crippen molar-refractivity contribution in [2.45, 2.75) is 92.3 Å². The molecule has 0 amide bonds. The molecule has 2 aliphatic heterocycles. The van der Waals surface area contributed by atoms with Gasteiger partial charge in [-0.3, -0.25) is 0 Å². The van der Waals surface area contributed by atoms with Crippen molar-refractivity contribution in [1.82, 2.24) is 0 Å². The third kappa shape index (κ3) is 9.14. The first-order valence-electron chi connectivity index (χ1n) is 23.1. The largest absolute Gasteiger partial charge is 0.488 e. The number of ether oxygens (including phenoxy) is 2. The molecule has 7 rings (SSSR count). The number of halogens is 2. The molecule has 6 nitrogen and oxygen atoms in total. The summed E-state index contributed by atoms with van der Waals surface area (Å²) >= 11 is 13.0. The maximum atomic E-state index is 6.76. The zero-order valence-electron chi connectivity index (χ0n) is 39.6. The van der Waals surface area contributed by atoms with Gasteiger partial charge < -0.3 is 19.3 Å². The van der Waals surface area contributed by atoms with Crippen LogP contribution in [0.25, 0.3) is 12.2 Å². The predicted molar refractivity (Wildman–Crippen MR) is 273 cm³/mol. The molecule has 2 aliphatic rings. The Bertz CT molecular complexity index is 2460. The van der Waals surface area contributed by atoms with Crippen molar-refractivity contribution in [3.05, 3.63) is 153 Å². The van der Waals surface area contributed by atoms with Gasteiger partial charge in [0.2, 0.25) is 11.4 Å². The van der Waals surface area contributed by atoms with Crippen LogP contribution in [0.1, 0.15) is 102 Å². The lowest BCUT2D eigenvalue weighted by Crippen LogP contribution is -2.29. The Hall–Kier alpha value is -5.30. The van der Waals surface area contributed by atoms with E-state index in [-0.39, 0.29) is 10.8 Å². The highest BCUT2D eigenvalue weighted by molar-refractivity contribution is 6.31. The highest BCUT2D eigenvalue weighted by Gasteiger charge is 2.46. The van der Waals surface area contributed by atoms with E-state index in [9.17, 15) is 0 Å². The normalized spacial score (nSPS) is 18.1. The fourth-order valence-electron chi connectivity index (χ4n) is 9.71. The Labute approximate surface area is 392 Å². The zero-order valence-corrected chi connectivity index (χ0v) is 41.1. The summed E-state index contributed by atoms with van der Waals surface area (Å²) in [6.45, 7) is 22.4. The fraction of sp³-hybridized carbons (Fsp3) is 0.357. The van der Waals surface area contributed by atoms with E-state index in [2.05, 4.69) is 198 Å². The van der Waals surface area contributed by atoms with Crippen molar-refractivity contribution < 1.29 is 18.6 Å². The number of benzene rings is 5. The summed E-state index contributed by atoms with van der Waals surface area (Å²) in [6, 6.07) is 34.2. The van der Waals surface area contributed by atoms with Crippen LogP contribution in [-0.4, -0.2) is 60.8 Å². The summed E-state index contributed by atoms with van der Waals surface area (Å²) in [6.07, 6.45) is 10.8. The van der Waals surface area contributed by atoms with Crippen molar-refractivity contribution in [3.8, 4) is 11.5 Å². The molecule has 0 N–H and O–H groups in total. The van der Waals surface area contributed by atoms with Crippen molar-refractivity contribution in [2.24, 2.45) is 0 Å². The SMILES string of the molecule is CCN(CC)c1ccc(/C=C/C2=[N+](C)c3ccc(Cl)cc3C2(C)CC)c(OCc2cccc(COc3cc(N(CC)CC)ccc3/C=C/C3=[N+](C)c4ccc(Cl)cc4C3(C)CC)c2)c1. The van der Waals surface area contributed by atoms with Crippen molar-refractivity contribution in [3.63, 3.8) is 0 Å². The van der Waals surface area contributed by atoms with Gasteiger partial charge in [0.05, 0.1) is 10.8 Å². The standard InChI is InChI=1S/C56H66Cl2N4O2/c1-11-55(7)47-33-43(57)24-28-49(47)59(9)53(55)30-22-41-20-26-45(61(13-3)14-4)35-51(41)63-37-39-18-17-19-40(32-39)38-64-52-36-46(62(15-5)16-6)27-21-42(52)23-31-54-56(8,12-2)48-34-44(58)25-29-50(48)60(54)10/h17-36H,11-16,37-38H2,1-10H3/q+2. The number of hydrogen-bond acceptors (Lipinski definition) is 4. The van der Waals surface area contributed by atoms with Crippen LogP contribution in [0.3, 0.4) is 0 Å². The summed E-state index contributed by atoms with van der Waals surface area (Å²) in [5, 5.41) is 1.53. The number of rotatable bonds is 18. The van der Waals surface area contributed by atoms with E-state index in [4.69, 9.17) is 32.7 Å². The molecule has 64 heavy (non-hydrogen) atoms. The Morgan fingerprint density at radius 3 is 1.30 bits per heavy atom. The topological polar surface area (TPSA) is 31.0 Å². The van der Waals surface area contributed by atoms with Crippen LogP contribution in [0.15, 0.2) is 109 Å². The summed E-state index contributed by atoms with van der Waals surface area (Å²) < 4.78 is 18.1. The smallest absolute Gasteiger partial charge is 0.209 e. The van der Waals surface area contributed by atoms with Crippen LogP contribution in [0, 0.1) is 0 Å². The first-order chi connectivity index (χ1) is 30.8. The molecule has 0 saturated heterocycles. The molecule has 2 unspecified atom stereocenters. The minimum Gasteiger partial charge on any atom is -0.488 e. The zero-order chi connectivity index (χ0) is 45.8. The molecule has 0 bridgehead atoms. The molecule has 0 radical (unpaired) electrons. The molecular formula is C56H66Cl2N4O2+2. The third-order valence-electron chi connectivity index (χ3n) is 14.0. The van der Waals surface area contributed by atoms with Gasteiger partial charge >= 0.3 is 0 Å². The molecule has 8 heteroatoms. The molecule has 2 heterocycles. The number of nitrogens with zero attached hydrogens (tertiary/aromatic N) is 4. The Balaban J connectivity index is 1.13. The molecule has 334 valence electrons. The quantitative estimate of drug-likeness (QED) is 0.0820. The summed E-state index contributed by atoms with van der Waals surface area (Å²) in [5.74, 6) is 1.70. The number of fused-ring (bicyclic) bond motifs is 2. The van der Waals surface area contributed by atoms with Crippen molar-refractivity contribution in [1.29, 1.82) is 0 Å². The second kappa shape index (κ2) is 19.8. The number of hydrogen-bond donors (Lipinski definition) is 0. The van der Waals surface area contributed by atoms with Crippen LogP contribution in [0.2, 0.25) is 10.0 Å². The van der Waals surface area contributed by atoms with E-state index in [1.165, 1.54) is 33.9 Å². The second-order valence-corrected chi connectivity index (χ2v) is 18.3. The lowest BCUT2D eigenvalue weighted by Gasteiger charge is -2.23. The monoisotopic (exact) mass is 896 g/mol. The molecule has 0 saturated carbocycles. The van der Waals surface area contributed by atoms with Gasteiger partial charge in [-0.2, -0.15) is 9.15 Å². The van der Waals surface area contributed by atoms with Gasteiger partial charge in [-0.15, -0.1) is 0 Å². The van der Waals surface area contributed by atoms with E-state index in [1.807, 2.05) is 12.1 Å². The molecular weight excluding hydrogens is 832 g/mol. The average Bonchev–Trinajstić information content (AvgIpc) is 3.65. The summed E-state index contributed by atoms with van der Waals surface area (Å²) in [4.78, 5) is 4.71. The van der Waals surface area contributed by atoms with Crippen LogP contribution in [-0.2, 0) is 24.0 Å². The van der Waals surface area contributed by atoms with Gasteiger partial charge in [0.15, 0.2) is 11.4 Å². The Morgan fingerprint density at radius 2 is 0.922 bits per heavy atom. The van der Waals surface area contributed by atoms with Gasteiger partial charge in [0, 0.05) is 106 Å². The molecule has 2 atom stereocenters. The van der Waals surface area contributed by atoms with Gasteiger partial charge in [0.1, 0.15) is 38.8 Å². The third-order valence-corrected chi connectivity index (χ3v) is 14.4. The van der Waals surface area contributed by atoms with Crippen LogP contribution in [0.5, 0.6) is 11.5 Å². The van der Waals surface area contributed by atoms with Crippen LogP contribution in [0.4, 0.5) is 22.7 Å². The molecule has 5 aromatic rings. The van der Waals surface area contributed by atoms with Gasteiger partial charge in [-0.05, 0) is 132 Å². The van der Waals surface area contributed by atoms with Crippen molar-refractivity contribution in [2.75, 3.05) is 50.1 Å². The minimum absolute atomic E-state index is 0.163. The second-order valence-electron chi connectivity index (χ2n) is 17.4. The molecule has 0 spiro atoms. The summed E-state index contributed by atoms with van der Waals surface area (Å²) in [7, 11) is 4.30. The van der Waals surface area contributed by atoms with E-state index >= 15 is 0 Å². The minimum atomic E-state index is -0.163. The van der Waals surface area contributed by atoms with Gasteiger partial charge in [-0.1, -0.05) is 55.2 Å². The first kappa shape index (κ1) is 46.7. The fourth-order valence-corrected chi connectivity index (χ4v) is 10.1.